The van der Waals surface area contributed by atoms with Gasteiger partial charge >= 0.3 is 11.8 Å². The van der Waals surface area contributed by atoms with Gasteiger partial charge in [-0.2, -0.15) is 0 Å². The molecule has 3 N–H and O–H groups in total. The summed E-state index contributed by atoms with van der Waals surface area (Å²) in [7, 11) is 2.05. The zero-order chi connectivity index (χ0) is 16.1. The predicted octanol–water partition coefficient (Wildman–Crippen LogP) is -2.17. The van der Waals surface area contributed by atoms with E-state index < -0.39 is 11.8 Å². The summed E-state index contributed by atoms with van der Waals surface area (Å²) in [5.41, 5.74) is 5.15. The maximum Gasteiger partial charge on any atom is 0.311 e. The first-order valence-electron chi connectivity index (χ1n) is 7.74. The van der Waals surface area contributed by atoms with Gasteiger partial charge < -0.3 is 20.9 Å². The number of rotatable bonds is 3. The smallest absolute Gasteiger partial charge is 0.311 e. The number of primary amides is 1. The van der Waals surface area contributed by atoms with Crippen molar-refractivity contribution in [3.63, 3.8) is 0 Å². The van der Waals surface area contributed by atoms with Crippen LogP contribution in [0.15, 0.2) is 0 Å². The van der Waals surface area contributed by atoms with Crippen molar-refractivity contribution in [1.82, 2.24) is 20.0 Å². The van der Waals surface area contributed by atoms with E-state index in [0.717, 1.165) is 25.9 Å². The molecule has 2 aliphatic heterocycles. The van der Waals surface area contributed by atoms with Crippen LogP contribution in [0.4, 0.5) is 0 Å². The molecule has 0 aromatic heterocycles. The summed E-state index contributed by atoms with van der Waals surface area (Å²) in [4.78, 5) is 40.7. The predicted molar refractivity (Wildman–Crippen MR) is 80.9 cm³/mol. The molecule has 0 aromatic carbocycles. The average molecular weight is 311 g/mol. The Morgan fingerprint density at radius 1 is 1.05 bits per heavy atom. The van der Waals surface area contributed by atoms with Crippen LogP contribution in [0.1, 0.15) is 12.8 Å². The molecule has 0 spiro atoms. The van der Waals surface area contributed by atoms with Crippen molar-refractivity contribution in [2.75, 3.05) is 52.9 Å². The molecule has 2 fully saturated rings. The molecule has 2 aliphatic rings. The molecule has 3 amide bonds. The van der Waals surface area contributed by atoms with Crippen LogP contribution in [0, 0.1) is 0 Å². The van der Waals surface area contributed by atoms with Gasteiger partial charge in [-0.3, -0.25) is 19.3 Å². The quantitative estimate of drug-likeness (QED) is 0.578. The highest BCUT2D eigenvalue weighted by molar-refractivity contribution is 6.35. The van der Waals surface area contributed by atoms with E-state index in [9.17, 15) is 14.4 Å². The zero-order valence-electron chi connectivity index (χ0n) is 13.1. The van der Waals surface area contributed by atoms with Crippen LogP contribution in [0.5, 0.6) is 0 Å². The van der Waals surface area contributed by atoms with Crippen LogP contribution in [-0.2, 0) is 14.4 Å². The fourth-order valence-corrected chi connectivity index (χ4v) is 2.87. The topological polar surface area (TPSA) is 99.0 Å². The number of amides is 3. The number of hydrogen-bond donors (Lipinski definition) is 2. The summed E-state index contributed by atoms with van der Waals surface area (Å²) in [6.45, 7) is 4.10. The van der Waals surface area contributed by atoms with E-state index in [-0.39, 0.29) is 18.5 Å². The fourth-order valence-electron chi connectivity index (χ4n) is 2.87. The van der Waals surface area contributed by atoms with Crippen LogP contribution < -0.4 is 11.1 Å². The zero-order valence-corrected chi connectivity index (χ0v) is 13.1. The van der Waals surface area contributed by atoms with Gasteiger partial charge in [0.05, 0.1) is 6.54 Å². The van der Waals surface area contributed by atoms with E-state index >= 15 is 0 Å². The summed E-state index contributed by atoms with van der Waals surface area (Å²) >= 11 is 0. The second kappa shape index (κ2) is 7.55. The largest absolute Gasteiger partial charge is 0.369 e. The molecule has 0 bridgehead atoms. The molecule has 2 saturated heterocycles. The number of nitrogens with zero attached hydrogens (tertiary/aromatic N) is 3. The molecule has 8 heteroatoms. The Morgan fingerprint density at radius 2 is 1.64 bits per heavy atom. The molecule has 0 unspecified atom stereocenters. The molecular formula is C14H25N5O3. The minimum absolute atomic E-state index is 0.0869. The first kappa shape index (κ1) is 16.7. The number of likely N-dealkylation sites (tertiary alicyclic amines) is 1. The molecule has 0 aromatic rings. The van der Waals surface area contributed by atoms with Gasteiger partial charge in [0.15, 0.2) is 0 Å². The van der Waals surface area contributed by atoms with Crippen molar-refractivity contribution in [1.29, 1.82) is 0 Å². The Hall–Kier alpha value is -1.67. The summed E-state index contributed by atoms with van der Waals surface area (Å²) < 4.78 is 0. The first-order chi connectivity index (χ1) is 10.5. The number of nitrogens with one attached hydrogen (secondary N) is 1. The third-order valence-corrected chi connectivity index (χ3v) is 4.29. The van der Waals surface area contributed by atoms with Crippen LogP contribution in [0.25, 0.3) is 0 Å². The van der Waals surface area contributed by atoms with E-state index in [0.29, 0.717) is 26.2 Å². The SMILES string of the molecule is CN1CCC(NC(=O)C(=O)N2CCN(CC(N)=O)CC2)CC1. The van der Waals surface area contributed by atoms with Crippen LogP contribution in [0.2, 0.25) is 0 Å². The van der Waals surface area contributed by atoms with E-state index in [4.69, 9.17) is 5.73 Å². The lowest BCUT2D eigenvalue weighted by Crippen LogP contribution is -2.55. The summed E-state index contributed by atoms with van der Waals surface area (Å²) in [6.07, 6.45) is 1.75. The van der Waals surface area contributed by atoms with Crippen molar-refractivity contribution in [3.05, 3.63) is 0 Å². The highest BCUT2D eigenvalue weighted by atomic mass is 16.2. The molecule has 0 atom stereocenters. The first-order valence-corrected chi connectivity index (χ1v) is 7.74. The standard InChI is InChI=1S/C14H25N5O3/c1-17-4-2-11(3-5-17)16-13(21)14(22)19-8-6-18(7-9-19)10-12(15)20/h11H,2-10H2,1H3,(H2,15,20)(H,16,21). The maximum atomic E-state index is 12.2. The average Bonchev–Trinajstić information content (AvgIpc) is 2.49. The number of nitrogens with two attached hydrogens (primary N) is 1. The van der Waals surface area contributed by atoms with Gasteiger partial charge in [-0.15, -0.1) is 0 Å². The van der Waals surface area contributed by atoms with Crippen molar-refractivity contribution in [3.8, 4) is 0 Å². The van der Waals surface area contributed by atoms with Crippen LogP contribution >= 0.6 is 0 Å². The van der Waals surface area contributed by atoms with Gasteiger partial charge in [-0.05, 0) is 33.0 Å². The highest BCUT2D eigenvalue weighted by Gasteiger charge is 2.28. The van der Waals surface area contributed by atoms with Crippen molar-refractivity contribution < 1.29 is 14.4 Å². The Morgan fingerprint density at radius 3 is 2.18 bits per heavy atom. The molecule has 0 aliphatic carbocycles. The number of carbonyl (C=O) groups excluding carboxylic acids is 3. The van der Waals surface area contributed by atoms with Crippen LogP contribution in [0.3, 0.4) is 0 Å². The second-order valence-electron chi connectivity index (χ2n) is 6.09. The molecule has 22 heavy (non-hydrogen) atoms. The van der Waals surface area contributed by atoms with E-state index in [1.165, 1.54) is 0 Å². The normalized spacial score (nSPS) is 21.6. The third-order valence-electron chi connectivity index (χ3n) is 4.29. The minimum Gasteiger partial charge on any atom is -0.369 e. The molecule has 2 heterocycles. The third kappa shape index (κ3) is 4.67. The molecule has 8 nitrogen and oxygen atoms in total. The summed E-state index contributed by atoms with van der Waals surface area (Å²) in [6, 6.07) is 0.0869. The molecule has 124 valence electrons. The Balaban J connectivity index is 1.74. The fraction of sp³-hybridized carbons (Fsp3) is 0.786. The monoisotopic (exact) mass is 311 g/mol. The maximum absolute atomic E-state index is 12.2. The van der Waals surface area contributed by atoms with E-state index in [1.807, 2.05) is 4.90 Å². The van der Waals surface area contributed by atoms with Crippen molar-refractivity contribution in [2.45, 2.75) is 18.9 Å². The lowest BCUT2D eigenvalue weighted by Gasteiger charge is -2.34. The molecule has 2 rings (SSSR count). The summed E-state index contributed by atoms with van der Waals surface area (Å²) in [5, 5.41) is 2.84. The van der Waals surface area contributed by atoms with Gasteiger partial charge in [0.2, 0.25) is 5.91 Å². The Kier molecular flexibility index (Phi) is 5.73. The van der Waals surface area contributed by atoms with Gasteiger partial charge in [-0.25, -0.2) is 0 Å². The Labute approximate surface area is 130 Å². The van der Waals surface area contributed by atoms with Crippen molar-refractivity contribution >= 4 is 17.7 Å². The molecular weight excluding hydrogens is 286 g/mol. The van der Waals surface area contributed by atoms with E-state index in [1.54, 1.807) is 4.90 Å². The number of piperidine rings is 1. The van der Waals surface area contributed by atoms with Gasteiger partial charge in [0.25, 0.3) is 0 Å². The lowest BCUT2D eigenvalue weighted by atomic mass is 10.1. The number of hydrogen-bond acceptors (Lipinski definition) is 5. The van der Waals surface area contributed by atoms with E-state index in [2.05, 4.69) is 17.3 Å². The Bertz CT molecular complexity index is 426. The van der Waals surface area contributed by atoms with Gasteiger partial charge in [-0.1, -0.05) is 0 Å². The molecule has 0 saturated carbocycles. The molecule has 0 radical (unpaired) electrons. The highest BCUT2D eigenvalue weighted by Crippen LogP contribution is 2.08. The van der Waals surface area contributed by atoms with Crippen LogP contribution in [-0.4, -0.2) is 91.3 Å². The number of carbonyl (C=O) groups is 3. The summed E-state index contributed by atoms with van der Waals surface area (Å²) in [5.74, 6) is -1.37. The van der Waals surface area contributed by atoms with Crippen molar-refractivity contribution in [2.24, 2.45) is 5.73 Å². The van der Waals surface area contributed by atoms with Gasteiger partial charge in [0, 0.05) is 32.2 Å². The van der Waals surface area contributed by atoms with Gasteiger partial charge in [0.1, 0.15) is 0 Å². The second-order valence-corrected chi connectivity index (χ2v) is 6.09. The lowest BCUT2D eigenvalue weighted by molar-refractivity contribution is -0.147. The number of piperazine rings is 1. The minimum atomic E-state index is -0.516.